The summed E-state index contributed by atoms with van der Waals surface area (Å²) in [4.78, 5) is 2.39. The van der Waals surface area contributed by atoms with Crippen LogP contribution < -0.4 is 4.31 Å². The Morgan fingerprint density at radius 1 is 1.12 bits per heavy atom. The highest BCUT2D eigenvalue weighted by atomic mass is 32.2. The molecule has 2 heterocycles. The van der Waals surface area contributed by atoms with Crippen LogP contribution in [0.4, 0.5) is 10.1 Å². The molecule has 2 aromatic rings. The van der Waals surface area contributed by atoms with Crippen molar-refractivity contribution in [1.29, 1.82) is 0 Å². The van der Waals surface area contributed by atoms with Crippen LogP contribution >= 0.6 is 0 Å². The second-order valence-corrected chi connectivity index (χ2v) is 8.86. The van der Waals surface area contributed by atoms with Crippen molar-refractivity contribution in [3.8, 4) is 0 Å². The predicted octanol–water partition coefficient (Wildman–Crippen LogP) is 3.13. The zero-order valence-electron chi connectivity index (χ0n) is 14.3. The topological polar surface area (TPSA) is 40.6 Å². The van der Waals surface area contributed by atoms with E-state index < -0.39 is 15.8 Å². The third-order valence-corrected chi connectivity index (χ3v) is 7.12. The first kappa shape index (κ1) is 16.5. The zero-order valence-corrected chi connectivity index (χ0v) is 15.1. The number of benzene rings is 2. The molecule has 0 amide bonds. The van der Waals surface area contributed by atoms with Crippen molar-refractivity contribution in [2.45, 2.75) is 30.2 Å². The average molecular weight is 360 g/mol. The molecule has 0 radical (unpaired) electrons. The van der Waals surface area contributed by atoms with Gasteiger partial charge in [-0.25, -0.2) is 12.8 Å². The van der Waals surface area contributed by atoms with Gasteiger partial charge in [-0.1, -0.05) is 17.7 Å². The minimum Gasteiger partial charge on any atom is -0.306 e. The summed E-state index contributed by atoms with van der Waals surface area (Å²) in [6, 6.07) is 11.0. The van der Waals surface area contributed by atoms with Crippen LogP contribution in [0.5, 0.6) is 0 Å². The highest BCUT2D eigenvalue weighted by molar-refractivity contribution is 7.92. The predicted molar refractivity (Wildman–Crippen MR) is 95.9 cm³/mol. The number of hydrogen-bond donors (Lipinski definition) is 0. The van der Waals surface area contributed by atoms with Crippen molar-refractivity contribution in [3.05, 3.63) is 59.4 Å². The molecule has 0 unspecified atom stereocenters. The molecule has 1 saturated heterocycles. The zero-order chi connectivity index (χ0) is 17.8. The number of fused-ring (bicyclic) bond motifs is 3. The van der Waals surface area contributed by atoms with Crippen molar-refractivity contribution in [2.24, 2.45) is 0 Å². The Kier molecular flexibility index (Phi) is 3.85. The highest BCUT2D eigenvalue weighted by Crippen LogP contribution is 2.47. The van der Waals surface area contributed by atoms with Gasteiger partial charge in [-0.3, -0.25) is 4.31 Å². The smallest absolute Gasteiger partial charge is 0.264 e. The van der Waals surface area contributed by atoms with Crippen LogP contribution in [0, 0.1) is 12.7 Å². The summed E-state index contributed by atoms with van der Waals surface area (Å²) in [6.07, 6.45) is 0.787. The molecular weight excluding hydrogens is 339 g/mol. The van der Waals surface area contributed by atoms with E-state index in [0.29, 0.717) is 0 Å². The van der Waals surface area contributed by atoms with Gasteiger partial charge in [0.05, 0.1) is 16.6 Å². The molecule has 132 valence electrons. The van der Waals surface area contributed by atoms with Crippen molar-refractivity contribution in [2.75, 3.05) is 24.4 Å². The number of anilines is 1. The second kappa shape index (κ2) is 5.81. The van der Waals surface area contributed by atoms with E-state index in [0.717, 1.165) is 36.3 Å². The van der Waals surface area contributed by atoms with Gasteiger partial charge in [-0.05, 0) is 62.8 Å². The number of halogens is 1. The maximum absolute atomic E-state index is 13.3. The minimum atomic E-state index is -3.72. The van der Waals surface area contributed by atoms with Crippen LogP contribution in [0.3, 0.4) is 0 Å². The SMILES string of the molecule is Cc1ccc2c(c1)[C@H]1CN(C)CC[C@H]1N2S(=O)(=O)c1ccc(F)cc1. The highest BCUT2D eigenvalue weighted by Gasteiger charge is 2.46. The summed E-state index contributed by atoms with van der Waals surface area (Å²) in [6.45, 7) is 3.74. The Morgan fingerprint density at radius 2 is 1.84 bits per heavy atom. The minimum absolute atomic E-state index is 0.0805. The van der Waals surface area contributed by atoms with Crippen LogP contribution in [-0.4, -0.2) is 39.5 Å². The number of likely N-dealkylation sites (N-methyl/N-ethyl adjacent to an activating group) is 1. The summed E-state index contributed by atoms with van der Waals surface area (Å²) < 4.78 is 41.4. The van der Waals surface area contributed by atoms with E-state index in [-0.39, 0.29) is 16.9 Å². The third kappa shape index (κ3) is 2.64. The lowest BCUT2D eigenvalue weighted by Gasteiger charge is -2.36. The maximum Gasteiger partial charge on any atom is 0.264 e. The lowest BCUT2D eigenvalue weighted by Crippen LogP contribution is -2.47. The van der Waals surface area contributed by atoms with E-state index in [1.807, 2.05) is 19.1 Å². The monoisotopic (exact) mass is 360 g/mol. The summed E-state index contributed by atoms with van der Waals surface area (Å²) >= 11 is 0. The lowest BCUT2D eigenvalue weighted by molar-refractivity contribution is 0.237. The van der Waals surface area contributed by atoms with Gasteiger partial charge in [0.25, 0.3) is 10.0 Å². The van der Waals surface area contributed by atoms with Gasteiger partial charge in [0.2, 0.25) is 0 Å². The molecule has 2 aliphatic rings. The number of aryl methyl sites for hydroxylation is 1. The number of piperidine rings is 1. The fraction of sp³-hybridized carbons (Fsp3) is 0.368. The molecule has 25 heavy (non-hydrogen) atoms. The fourth-order valence-electron chi connectivity index (χ4n) is 4.07. The van der Waals surface area contributed by atoms with E-state index >= 15 is 0 Å². The molecule has 0 saturated carbocycles. The number of hydrogen-bond acceptors (Lipinski definition) is 3. The van der Waals surface area contributed by atoms with Crippen molar-refractivity contribution in [3.63, 3.8) is 0 Å². The summed E-state index contributed by atoms with van der Waals surface area (Å²) in [5.74, 6) is -0.266. The van der Waals surface area contributed by atoms with Gasteiger partial charge >= 0.3 is 0 Å². The molecule has 4 rings (SSSR count). The third-order valence-electron chi connectivity index (χ3n) is 5.27. The normalized spacial score (nSPS) is 23.4. The first-order valence-electron chi connectivity index (χ1n) is 8.47. The standard InChI is InChI=1S/C19H21FN2O2S/c1-13-3-8-18-16(11-13)17-12-21(2)10-9-19(17)22(18)25(23,24)15-6-4-14(20)5-7-15/h3-8,11,17,19H,9-10,12H2,1-2H3/t17-,19-/m1/s1. The van der Waals surface area contributed by atoms with Crippen molar-refractivity contribution in [1.82, 2.24) is 4.90 Å². The van der Waals surface area contributed by atoms with Crippen LogP contribution in [0.1, 0.15) is 23.5 Å². The number of sulfonamides is 1. The Bertz CT molecular complexity index is 912. The molecule has 2 aliphatic heterocycles. The lowest BCUT2D eigenvalue weighted by atomic mass is 9.89. The number of rotatable bonds is 2. The Balaban J connectivity index is 1.85. The van der Waals surface area contributed by atoms with E-state index in [4.69, 9.17) is 0 Å². The second-order valence-electron chi connectivity index (χ2n) is 7.04. The molecule has 1 fully saturated rings. The number of nitrogens with zero attached hydrogens (tertiary/aromatic N) is 2. The van der Waals surface area contributed by atoms with Crippen LogP contribution in [0.2, 0.25) is 0 Å². The van der Waals surface area contributed by atoms with Crippen molar-refractivity contribution >= 4 is 15.7 Å². The molecule has 0 aliphatic carbocycles. The van der Waals surface area contributed by atoms with Crippen molar-refractivity contribution < 1.29 is 12.8 Å². The van der Waals surface area contributed by atoms with Crippen LogP contribution in [-0.2, 0) is 10.0 Å². The van der Waals surface area contributed by atoms with Crippen LogP contribution in [0.25, 0.3) is 0 Å². The summed E-state index contributed by atoms with van der Waals surface area (Å²) in [5, 5.41) is 0. The largest absolute Gasteiger partial charge is 0.306 e. The fourth-order valence-corrected chi connectivity index (χ4v) is 5.81. The average Bonchev–Trinajstić information content (AvgIpc) is 2.89. The first-order chi connectivity index (χ1) is 11.9. The quantitative estimate of drug-likeness (QED) is 0.826. The molecule has 0 N–H and O–H groups in total. The van der Waals surface area contributed by atoms with E-state index in [1.54, 1.807) is 4.31 Å². The summed E-state index contributed by atoms with van der Waals surface area (Å²) in [7, 11) is -1.65. The van der Waals surface area contributed by atoms with E-state index in [2.05, 4.69) is 18.0 Å². The Morgan fingerprint density at radius 3 is 2.56 bits per heavy atom. The molecule has 2 aromatic carbocycles. The molecule has 2 atom stereocenters. The number of likely N-dealkylation sites (tertiary alicyclic amines) is 1. The molecule has 0 aromatic heterocycles. The Labute approximate surface area is 147 Å². The van der Waals surface area contributed by atoms with E-state index in [9.17, 15) is 12.8 Å². The van der Waals surface area contributed by atoms with Gasteiger partial charge in [0.15, 0.2) is 0 Å². The Hall–Kier alpha value is -1.92. The first-order valence-corrected chi connectivity index (χ1v) is 9.91. The van der Waals surface area contributed by atoms with Gasteiger partial charge in [0.1, 0.15) is 5.82 Å². The molecule has 4 nitrogen and oxygen atoms in total. The van der Waals surface area contributed by atoms with Gasteiger partial charge in [-0.15, -0.1) is 0 Å². The summed E-state index contributed by atoms with van der Waals surface area (Å²) in [5.41, 5.74) is 2.99. The molecular formula is C19H21FN2O2S. The molecule has 6 heteroatoms. The van der Waals surface area contributed by atoms with Crippen LogP contribution in [0.15, 0.2) is 47.4 Å². The van der Waals surface area contributed by atoms with Gasteiger partial charge < -0.3 is 4.90 Å². The van der Waals surface area contributed by atoms with Gasteiger partial charge in [-0.2, -0.15) is 0 Å². The van der Waals surface area contributed by atoms with Gasteiger partial charge in [0, 0.05) is 12.5 Å². The molecule has 0 bridgehead atoms. The maximum atomic E-state index is 13.3. The molecule has 0 spiro atoms. The van der Waals surface area contributed by atoms with E-state index in [1.165, 1.54) is 24.3 Å².